The van der Waals surface area contributed by atoms with Crippen molar-refractivity contribution in [2.24, 2.45) is 0 Å². The van der Waals surface area contributed by atoms with Gasteiger partial charge < -0.3 is 4.74 Å². The average Bonchev–Trinajstić information content (AvgIpc) is 2.65. The van der Waals surface area contributed by atoms with E-state index in [-0.39, 0.29) is 18.2 Å². The molecule has 0 spiro atoms. The zero-order valence-electron chi connectivity index (χ0n) is 14.5. The number of hydrogen-bond acceptors (Lipinski definition) is 5. The number of nitro groups is 2. The van der Waals surface area contributed by atoms with Gasteiger partial charge in [0.1, 0.15) is 5.75 Å². The van der Waals surface area contributed by atoms with Crippen molar-refractivity contribution >= 4 is 11.4 Å². The van der Waals surface area contributed by atoms with E-state index in [0.717, 1.165) is 0 Å². The van der Waals surface area contributed by atoms with Crippen LogP contribution in [0.25, 0.3) is 0 Å². The second-order valence-corrected chi connectivity index (χ2v) is 5.84. The van der Waals surface area contributed by atoms with Crippen molar-refractivity contribution < 1.29 is 67.3 Å². The molecule has 0 saturated heterocycles. The summed E-state index contributed by atoms with van der Waals surface area (Å²) in [6.45, 7) is -3.07. The van der Waals surface area contributed by atoms with Crippen LogP contribution in [0.3, 0.4) is 0 Å². The molecule has 0 radical (unpaired) electrons. The first-order valence-corrected chi connectivity index (χ1v) is 7.37. The molecule has 0 saturated carbocycles. The fraction of sp³-hybridized carbons (Fsp3) is 0.538. The van der Waals surface area contributed by atoms with Crippen LogP contribution in [0.15, 0.2) is 18.2 Å². The fourth-order valence-electron chi connectivity index (χ4n) is 1.90. The first-order valence-electron chi connectivity index (χ1n) is 7.37. The number of ether oxygens (including phenoxy) is 1. The Labute approximate surface area is 166 Å². The highest BCUT2D eigenvalue weighted by Gasteiger charge is 2.87. The Balaban J connectivity index is 3.33. The molecule has 32 heavy (non-hydrogen) atoms. The molecule has 19 heteroatoms. The Hall–Kier alpha value is -3.02. The second-order valence-electron chi connectivity index (χ2n) is 5.84. The van der Waals surface area contributed by atoms with Crippen LogP contribution in [0.4, 0.5) is 64.1 Å². The van der Waals surface area contributed by atoms with Gasteiger partial charge in [0, 0.05) is 0 Å². The largest absolute Gasteiger partial charge is 0.487 e. The van der Waals surface area contributed by atoms with E-state index >= 15 is 0 Å². The van der Waals surface area contributed by atoms with Gasteiger partial charge >= 0.3 is 36.0 Å². The van der Waals surface area contributed by atoms with Crippen molar-refractivity contribution in [1.29, 1.82) is 0 Å². The van der Waals surface area contributed by atoms with Gasteiger partial charge in [0.2, 0.25) is 0 Å². The SMILES string of the molecule is O=[N+]([O-])c1cc(OCC(F)(F)C(F)(F)C(F)(F)C(F)(F)C(F)(F)C(F)F)cc([N+](=O)[O-])c1. The van der Waals surface area contributed by atoms with E-state index in [1.165, 1.54) is 0 Å². The molecule has 0 aliphatic carbocycles. The standard InChI is InChI=1S/C13H6F12N2O5/c14-8(15)10(18,19)12(22,23)13(24,25)11(20,21)9(16,17)4-32-7-2-5(26(28)29)1-6(3-7)27(30)31/h1-3,8H,4H2. The van der Waals surface area contributed by atoms with Crippen LogP contribution < -0.4 is 4.74 Å². The van der Waals surface area contributed by atoms with Gasteiger partial charge in [-0.1, -0.05) is 0 Å². The van der Waals surface area contributed by atoms with Crippen LogP contribution in [-0.4, -0.2) is 52.5 Å². The summed E-state index contributed by atoms with van der Waals surface area (Å²) in [4.78, 5) is 18.5. The Bertz CT molecular complexity index is 860. The highest BCUT2D eigenvalue weighted by atomic mass is 19.4. The minimum Gasteiger partial charge on any atom is -0.487 e. The molecule has 0 atom stereocenters. The number of rotatable bonds is 10. The van der Waals surface area contributed by atoms with Gasteiger partial charge in [-0.3, -0.25) is 20.2 Å². The number of hydrogen-bond donors (Lipinski definition) is 0. The molecule has 0 bridgehead atoms. The van der Waals surface area contributed by atoms with Crippen LogP contribution in [0.2, 0.25) is 0 Å². The molecule has 0 unspecified atom stereocenters. The predicted molar refractivity (Wildman–Crippen MR) is 76.0 cm³/mol. The molecular formula is C13H6F12N2O5. The Morgan fingerprint density at radius 3 is 1.50 bits per heavy atom. The molecule has 7 nitrogen and oxygen atoms in total. The van der Waals surface area contributed by atoms with Gasteiger partial charge in [-0.15, -0.1) is 0 Å². The molecule has 0 N–H and O–H groups in total. The lowest BCUT2D eigenvalue weighted by Gasteiger charge is -2.38. The lowest BCUT2D eigenvalue weighted by Crippen LogP contribution is -2.69. The molecule has 1 rings (SSSR count). The molecule has 0 amide bonds. The van der Waals surface area contributed by atoms with Crippen molar-refractivity contribution in [1.82, 2.24) is 0 Å². The Kier molecular flexibility index (Phi) is 6.88. The molecule has 1 aromatic rings. The number of alkyl halides is 12. The van der Waals surface area contributed by atoms with Crippen LogP contribution in [0, 0.1) is 20.2 Å². The summed E-state index contributed by atoms with van der Waals surface area (Å²) in [6.07, 6.45) is -5.66. The zero-order valence-corrected chi connectivity index (χ0v) is 14.5. The Morgan fingerprint density at radius 1 is 0.750 bits per heavy atom. The lowest BCUT2D eigenvalue weighted by atomic mass is 9.94. The number of non-ortho nitro benzene ring substituents is 2. The number of nitrogens with zero attached hydrogens (tertiary/aromatic N) is 2. The van der Waals surface area contributed by atoms with Crippen molar-refractivity contribution in [3.63, 3.8) is 0 Å². The normalized spacial score (nSPS) is 13.9. The van der Waals surface area contributed by atoms with Gasteiger partial charge in [0.15, 0.2) is 6.61 Å². The summed E-state index contributed by atoms with van der Waals surface area (Å²) < 4.78 is 160. The van der Waals surface area contributed by atoms with E-state index in [4.69, 9.17) is 0 Å². The lowest BCUT2D eigenvalue weighted by molar-refractivity contribution is -0.414. The summed E-state index contributed by atoms with van der Waals surface area (Å²) >= 11 is 0. The van der Waals surface area contributed by atoms with Gasteiger partial charge in [-0.25, -0.2) is 8.78 Å². The summed E-state index contributed by atoms with van der Waals surface area (Å²) in [5, 5.41) is 21.2. The van der Waals surface area contributed by atoms with Crippen LogP contribution in [0.5, 0.6) is 5.75 Å². The second kappa shape index (κ2) is 8.15. The van der Waals surface area contributed by atoms with E-state index < -0.39 is 69.6 Å². The molecular weight excluding hydrogens is 492 g/mol. The van der Waals surface area contributed by atoms with Crippen LogP contribution in [0.1, 0.15) is 0 Å². The molecule has 182 valence electrons. The summed E-state index contributed by atoms with van der Waals surface area (Å²) in [5.74, 6) is -38.0. The van der Waals surface area contributed by atoms with Gasteiger partial charge in [0.25, 0.3) is 11.4 Å². The minimum absolute atomic E-state index is 0.110. The fourth-order valence-corrected chi connectivity index (χ4v) is 1.90. The molecule has 0 aromatic heterocycles. The first kappa shape index (κ1) is 27.0. The number of halogens is 12. The van der Waals surface area contributed by atoms with Crippen LogP contribution >= 0.6 is 0 Å². The van der Waals surface area contributed by atoms with Crippen molar-refractivity contribution in [3.05, 3.63) is 38.4 Å². The third kappa shape index (κ3) is 4.31. The predicted octanol–water partition coefficient (Wildman–Crippen LogP) is 5.32. The van der Waals surface area contributed by atoms with E-state index in [1.807, 2.05) is 0 Å². The maximum atomic E-state index is 13.6. The third-order valence-electron chi connectivity index (χ3n) is 3.66. The van der Waals surface area contributed by atoms with Gasteiger partial charge in [-0.2, -0.15) is 43.9 Å². The average molecular weight is 498 g/mol. The molecule has 0 aliphatic rings. The summed E-state index contributed by atoms with van der Waals surface area (Å²) in [6, 6.07) is 0.457. The third-order valence-corrected chi connectivity index (χ3v) is 3.66. The Morgan fingerprint density at radius 2 is 1.16 bits per heavy atom. The van der Waals surface area contributed by atoms with E-state index in [0.29, 0.717) is 0 Å². The monoisotopic (exact) mass is 498 g/mol. The van der Waals surface area contributed by atoms with Gasteiger partial charge in [-0.05, 0) is 0 Å². The first-order chi connectivity index (χ1) is 14.1. The highest BCUT2D eigenvalue weighted by Crippen LogP contribution is 2.58. The van der Waals surface area contributed by atoms with E-state index in [1.54, 1.807) is 0 Å². The van der Waals surface area contributed by atoms with Gasteiger partial charge in [0.05, 0.1) is 28.0 Å². The van der Waals surface area contributed by atoms with Crippen molar-refractivity contribution in [2.45, 2.75) is 36.0 Å². The topological polar surface area (TPSA) is 95.5 Å². The van der Waals surface area contributed by atoms with Crippen molar-refractivity contribution in [3.8, 4) is 5.75 Å². The smallest absolute Gasteiger partial charge is 0.384 e. The molecule has 0 fully saturated rings. The van der Waals surface area contributed by atoms with E-state index in [2.05, 4.69) is 4.74 Å². The maximum absolute atomic E-state index is 13.6. The minimum atomic E-state index is -7.78. The van der Waals surface area contributed by atoms with E-state index in [9.17, 15) is 72.9 Å². The molecule has 1 aromatic carbocycles. The summed E-state index contributed by atoms with van der Waals surface area (Å²) in [5.41, 5.74) is -2.48. The number of benzene rings is 1. The quantitative estimate of drug-likeness (QED) is 0.247. The summed E-state index contributed by atoms with van der Waals surface area (Å²) in [7, 11) is 0. The number of nitro benzene ring substituents is 2. The van der Waals surface area contributed by atoms with Crippen LogP contribution in [-0.2, 0) is 0 Å². The zero-order chi connectivity index (χ0) is 25.5. The maximum Gasteiger partial charge on any atom is 0.384 e. The molecule has 0 aliphatic heterocycles. The van der Waals surface area contributed by atoms with Crippen molar-refractivity contribution in [2.75, 3.05) is 6.61 Å². The molecule has 0 heterocycles. The highest BCUT2D eigenvalue weighted by molar-refractivity contribution is 5.49.